The van der Waals surface area contributed by atoms with Gasteiger partial charge >= 0.3 is 0 Å². The highest BCUT2D eigenvalue weighted by Gasteiger charge is 2.09. The molecular weight excluding hydrogens is 395 g/mol. The van der Waals surface area contributed by atoms with Crippen molar-refractivity contribution in [3.8, 4) is 11.4 Å². The van der Waals surface area contributed by atoms with E-state index in [0.717, 1.165) is 21.3 Å². The molecular formula is C12H10BrIN2O. The molecule has 0 saturated heterocycles. The zero-order chi connectivity index (χ0) is 12.6. The van der Waals surface area contributed by atoms with Gasteiger partial charge in [0.05, 0.1) is 9.26 Å². The number of hydrogen-bond acceptors (Lipinski definition) is 2. The van der Waals surface area contributed by atoms with Crippen molar-refractivity contribution < 1.29 is 0 Å². The first-order valence-corrected chi connectivity index (χ1v) is 6.89. The van der Waals surface area contributed by atoms with Gasteiger partial charge in [-0.05, 0) is 54.1 Å². The highest BCUT2D eigenvalue weighted by molar-refractivity contribution is 14.1. The highest BCUT2D eigenvalue weighted by atomic mass is 127. The van der Waals surface area contributed by atoms with Gasteiger partial charge < -0.3 is 4.98 Å². The van der Waals surface area contributed by atoms with Crippen molar-refractivity contribution in [2.45, 2.75) is 13.8 Å². The molecule has 5 heteroatoms. The van der Waals surface area contributed by atoms with Crippen LogP contribution in [0.25, 0.3) is 11.4 Å². The number of nitrogens with one attached hydrogen (secondary N) is 1. The third-order valence-electron chi connectivity index (χ3n) is 2.41. The number of nitrogens with zero attached hydrogens (tertiary/aromatic N) is 1. The van der Waals surface area contributed by atoms with Crippen LogP contribution in [0.1, 0.15) is 11.3 Å². The second-order valence-corrected chi connectivity index (χ2v) is 5.73. The van der Waals surface area contributed by atoms with Crippen LogP contribution < -0.4 is 5.56 Å². The molecule has 1 aromatic carbocycles. The van der Waals surface area contributed by atoms with Gasteiger partial charge in [0.1, 0.15) is 5.82 Å². The summed E-state index contributed by atoms with van der Waals surface area (Å²) in [6.07, 6.45) is 0. The lowest BCUT2D eigenvalue weighted by atomic mass is 10.1. The van der Waals surface area contributed by atoms with E-state index >= 15 is 0 Å². The molecule has 17 heavy (non-hydrogen) atoms. The van der Waals surface area contributed by atoms with E-state index in [0.29, 0.717) is 9.39 Å². The van der Waals surface area contributed by atoms with Gasteiger partial charge in [0.15, 0.2) is 0 Å². The van der Waals surface area contributed by atoms with Crippen molar-refractivity contribution in [1.29, 1.82) is 0 Å². The van der Waals surface area contributed by atoms with Crippen molar-refractivity contribution in [1.82, 2.24) is 9.97 Å². The summed E-state index contributed by atoms with van der Waals surface area (Å²) in [5, 5.41) is 0. The summed E-state index contributed by atoms with van der Waals surface area (Å²) in [7, 11) is 0. The summed E-state index contributed by atoms with van der Waals surface area (Å²) < 4.78 is 1.57. The van der Waals surface area contributed by atoms with Crippen LogP contribution >= 0.6 is 38.5 Å². The number of aromatic nitrogens is 2. The van der Waals surface area contributed by atoms with Crippen LogP contribution in [0.3, 0.4) is 0 Å². The fourth-order valence-corrected chi connectivity index (χ4v) is 2.45. The zero-order valence-corrected chi connectivity index (χ0v) is 13.1. The normalized spacial score (nSPS) is 10.6. The topological polar surface area (TPSA) is 45.8 Å². The Morgan fingerprint density at radius 2 is 2.06 bits per heavy atom. The number of aromatic amines is 1. The van der Waals surface area contributed by atoms with Crippen LogP contribution in [0.15, 0.2) is 27.5 Å². The monoisotopic (exact) mass is 404 g/mol. The molecule has 88 valence electrons. The Morgan fingerprint density at radius 3 is 2.65 bits per heavy atom. The average Bonchev–Trinajstić information content (AvgIpc) is 2.25. The lowest BCUT2D eigenvalue weighted by Gasteiger charge is -2.06. The molecule has 2 rings (SSSR count). The standard InChI is InChI=1S/C12H10BrIN2O/c1-6-3-4-8(9(13)5-6)11-15-7(2)10(14)12(17)16-11/h3-5H,1-2H3,(H,15,16,17). The smallest absolute Gasteiger partial charge is 0.264 e. The van der Waals surface area contributed by atoms with Gasteiger partial charge in [0, 0.05) is 10.0 Å². The second kappa shape index (κ2) is 4.89. The minimum Gasteiger partial charge on any atom is -0.306 e. The van der Waals surface area contributed by atoms with Crippen molar-refractivity contribution in [3.63, 3.8) is 0 Å². The van der Waals surface area contributed by atoms with Crippen LogP contribution in [-0.2, 0) is 0 Å². The van der Waals surface area contributed by atoms with Crippen LogP contribution in [0.2, 0.25) is 0 Å². The molecule has 0 spiro atoms. The molecule has 1 aromatic heterocycles. The maximum Gasteiger partial charge on any atom is 0.264 e. The molecule has 2 aromatic rings. The first kappa shape index (κ1) is 12.8. The Bertz CT molecular complexity index is 637. The first-order valence-electron chi connectivity index (χ1n) is 5.02. The summed E-state index contributed by atoms with van der Waals surface area (Å²) in [6.45, 7) is 3.85. The molecule has 0 aliphatic rings. The molecule has 0 saturated carbocycles. The number of halogens is 2. The minimum atomic E-state index is -0.0967. The lowest BCUT2D eigenvalue weighted by Crippen LogP contribution is -2.14. The average molecular weight is 405 g/mol. The fraction of sp³-hybridized carbons (Fsp3) is 0.167. The maximum absolute atomic E-state index is 11.7. The molecule has 0 radical (unpaired) electrons. The van der Waals surface area contributed by atoms with E-state index in [2.05, 4.69) is 25.9 Å². The van der Waals surface area contributed by atoms with E-state index in [1.807, 2.05) is 54.6 Å². The number of hydrogen-bond donors (Lipinski definition) is 1. The van der Waals surface area contributed by atoms with Crippen molar-refractivity contribution in [2.24, 2.45) is 0 Å². The van der Waals surface area contributed by atoms with Gasteiger partial charge in [-0.15, -0.1) is 0 Å². The number of benzene rings is 1. The van der Waals surface area contributed by atoms with E-state index < -0.39 is 0 Å². The first-order chi connectivity index (χ1) is 7.99. The van der Waals surface area contributed by atoms with Crippen molar-refractivity contribution in [3.05, 3.63) is 47.9 Å². The lowest BCUT2D eigenvalue weighted by molar-refractivity contribution is 1.05. The largest absolute Gasteiger partial charge is 0.306 e. The SMILES string of the molecule is Cc1ccc(-c2nc(C)c(I)c(=O)[nH]2)c(Br)c1. The Hall–Kier alpha value is -0.690. The van der Waals surface area contributed by atoms with Gasteiger partial charge in [-0.3, -0.25) is 4.79 Å². The summed E-state index contributed by atoms with van der Waals surface area (Å²) in [6, 6.07) is 5.94. The molecule has 0 fully saturated rings. The summed E-state index contributed by atoms with van der Waals surface area (Å²) in [4.78, 5) is 18.9. The number of rotatable bonds is 1. The Kier molecular flexibility index (Phi) is 3.67. The third-order valence-corrected chi connectivity index (χ3v) is 4.33. The van der Waals surface area contributed by atoms with Crippen LogP contribution in [0.5, 0.6) is 0 Å². The molecule has 0 amide bonds. The van der Waals surface area contributed by atoms with Crippen LogP contribution in [0.4, 0.5) is 0 Å². The summed E-state index contributed by atoms with van der Waals surface area (Å²) in [5.74, 6) is 0.597. The maximum atomic E-state index is 11.7. The molecule has 0 aliphatic heterocycles. The Labute approximate surface area is 121 Å². The van der Waals surface area contributed by atoms with Crippen LogP contribution in [0, 0.1) is 17.4 Å². The number of H-pyrrole nitrogens is 1. The fourth-order valence-electron chi connectivity index (χ4n) is 1.51. The molecule has 0 aliphatic carbocycles. The van der Waals surface area contributed by atoms with Gasteiger partial charge in [-0.25, -0.2) is 4.98 Å². The minimum absolute atomic E-state index is 0.0967. The summed E-state index contributed by atoms with van der Waals surface area (Å²) >= 11 is 5.49. The van der Waals surface area contributed by atoms with Gasteiger partial charge in [-0.2, -0.15) is 0 Å². The molecule has 0 bridgehead atoms. The molecule has 3 nitrogen and oxygen atoms in total. The third kappa shape index (κ3) is 2.60. The van der Waals surface area contributed by atoms with E-state index in [4.69, 9.17) is 0 Å². The predicted molar refractivity (Wildman–Crippen MR) is 80.2 cm³/mol. The van der Waals surface area contributed by atoms with E-state index in [1.54, 1.807) is 0 Å². The number of aryl methyl sites for hydroxylation is 2. The zero-order valence-electron chi connectivity index (χ0n) is 9.34. The van der Waals surface area contributed by atoms with Gasteiger partial charge in [-0.1, -0.05) is 22.0 Å². The predicted octanol–water partition coefficient (Wildman–Crippen LogP) is 3.42. The van der Waals surface area contributed by atoms with Crippen molar-refractivity contribution in [2.75, 3.05) is 0 Å². The second-order valence-electron chi connectivity index (χ2n) is 3.80. The van der Waals surface area contributed by atoms with E-state index in [1.165, 1.54) is 0 Å². The Balaban J connectivity index is 2.65. The quantitative estimate of drug-likeness (QED) is 0.740. The highest BCUT2D eigenvalue weighted by Crippen LogP contribution is 2.26. The molecule has 0 atom stereocenters. The van der Waals surface area contributed by atoms with Crippen LogP contribution in [-0.4, -0.2) is 9.97 Å². The Morgan fingerprint density at radius 1 is 1.35 bits per heavy atom. The summed E-state index contributed by atoms with van der Waals surface area (Å²) in [5.41, 5.74) is 2.70. The van der Waals surface area contributed by atoms with Gasteiger partial charge in [0.25, 0.3) is 5.56 Å². The molecule has 1 N–H and O–H groups in total. The van der Waals surface area contributed by atoms with E-state index in [-0.39, 0.29) is 5.56 Å². The molecule has 0 unspecified atom stereocenters. The molecule has 1 heterocycles. The van der Waals surface area contributed by atoms with Gasteiger partial charge in [0.2, 0.25) is 0 Å². The van der Waals surface area contributed by atoms with E-state index in [9.17, 15) is 4.79 Å². The van der Waals surface area contributed by atoms with Crippen molar-refractivity contribution >= 4 is 38.5 Å².